The lowest BCUT2D eigenvalue weighted by atomic mass is 9.85. The molecule has 1 aromatic carbocycles. The summed E-state index contributed by atoms with van der Waals surface area (Å²) >= 11 is 0. The number of nitrogen functional groups attached to an aromatic ring is 1. The van der Waals surface area contributed by atoms with Gasteiger partial charge >= 0.3 is 5.97 Å². The lowest BCUT2D eigenvalue weighted by molar-refractivity contribution is 0.0602. The fourth-order valence-electron chi connectivity index (χ4n) is 3.20. The maximum absolute atomic E-state index is 11.7. The maximum Gasteiger partial charge on any atom is 0.340 e. The molecular weight excluding hydrogens is 252 g/mol. The molecule has 1 aliphatic rings. The highest BCUT2D eigenvalue weighted by molar-refractivity contribution is 5.98. The van der Waals surface area contributed by atoms with E-state index in [1.165, 1.54) is 32.8 Å². The Morgan fingerprint density at radius 3 is 2.70 bits per heavy atom. The minimum Gasteiger partial charge on any atom is -0.465 e. The molecule has 2 rings (SSSR count). The van der Waals surface area contributed by atoms with E-state index in [9.17, 15) is 4.79 Å². The van der Waals surface area contributed by atoms with Crippen molar-refractivity contribution in [1.29, 1.82) is 0 Å². The molecule has 1 saturated carbocycles. The van der Waals surface area contributed by atoms with E-state index in [2.05, 4.69) is 18.9 Å². The van der Waals surface area contributed by atoms with Crippen LogP contribution in [0.15, 0.2) is 18.2 Å². The molecule has 20 heavy (non-hydrogen) atoms. The summed E-state index contributed by atoms with van der Waals surface area (Å²) in [6, 6.07) is 6.03. The van der Waals surface area contributed by atoms with Crippen LogP contribution in [-0.4, -0.2) is 26.2 Å². The summed E-state index contributed by atoms with van der Waals surface area (Å²) in [5, 5.41) is 0. The van der Waals surface area contributed by atoms with E-state index in [0.29, 0.717) is 23.2 Å². The largest absolute Gasteiger partial charge is 0.465 e. The van der Waals surface area contributed by atoms with Gasteiger partial charge in [0.25, 0.3) is 0 Å². The highest BCUT2D eigenvalue weighted by Gasteiger charge is 2.27. The Labute approximate surface area is 120 Å². The molecule has 4 nitrogen and oxygen atoms in total. The minimum atomic E-state index is -0.380. The Kier molecular flexibility index (Phi) is 4.53. The molecule has 1 aliphatic carbocycles. The lowest BCUT2D eigenvalue weighted by Crippen LogP contribution is -2.39. The second kappa shape index (κ2) is 6.16. The van der Waals surface area contributed by atoms with E-state index in [4.69, 9.17) is 10.5 Å². The van der Waals surface area contributed by atoms with Crippen molar-refractivity contribution in [2.45, 2.75) is 38.6 Å². The highest BCUT2D eigenvalue weighted by atomic mass is 16.5. The van der Waals surface area contributed by atoms with Crippen LogP contribution in [0.3, 0.4) is 0 Å². The number of hydrogen-bond donors (Lipinski definition) is 1. The van der Waals surface area contributed by atoms with Crippen molar-refractivity contribution in [3.05, 3.63) is 23.8 Å². The van der Waals surface area contributed by atoms with Gasteiger partial charge in [-0.15, -0.1) is 0 Å². The van der Waals surface area contributed by atoms with E-state index < -0.39 is 0 Å². The van der Waals surface area contributed by atoms with Crippen molar-refractivity contribution < 1.29 is 9.53 Å². The number of benzene rings is 1. The molecule has 2 unspecified atom stereocenters. The minimum absolute atomic E-state index is 0.380. The van der Waals surface area contributed by atoms with Crippen molar-refractivity contribution in [2.24, 2.45) is 5.92 Å². The number of carbonyl (C=O) groups excluding carboxylic acids is 1. The van der Waals surface area contributed by atoms with Crippen LogP contribution in [0.1, 0.15) is 43.0 Å². The van der Waals surface area contributed by atoms with Gasteiger partial charge in [0.05, 0.1) is 24.0 Å². The molecular formula is C16H24N2O2. The quantitative estimate of drug-likeness (QED) is 0.681. The molecule has 0 aliphatic heterocycles. The van der Waals surface area contributed by atoms with Crippen LogP contribution in [0.5, 0.6) is 0 Å². The average Bonchev–Trinajstić information content (AvgIpc) is 2.46. The van der Waals surface area contributed by atoms with Gasteiger partial charge in [-0.1, -0.05) is 25.8 Å². The molecule has 0 aromatic heterocycles. The van der Waals surface area contributed by atoms with Gasteiger partial charge in [0.15, 0.2) is 0 Å². The van der Waals surface area contributed by atoms with Gasteiger partial charge in [0.2, 0.25) is 0 Å². The van der Waals surface area contributed by atoms with Crippen LogP contribution >= 0.6 is 0 Å². The summed E-state index contributed by atoms with van der Waals surface area (Å²) in [7, 11) is 3.45. The van der Waals surface area contributed by atoms with Gasteiger partial charge in [-0.2, -0.15) is 0 Å². The smallest absolute Gasteiger partial charge is 0.340 e. The number of esters is 1. The standard InChI is InChI=1S/C16H24N2O2/c1-11-7-4-5-9-13(11)18(2)14-10-6-8-12(15(14)17)16(19)20-3/h6,8,10-11,13H,4-5,7,9,17H2,1-3H3. The zero-order valence-corrected chi connectivity index (χ0v) is 12.6. The van der Waals surface area contributed by atoms with Gasteiger partial charge in [0, 0.05) is 13.1 Å². The number of nitrogens with two attached hydrogens (primary N) is 1. The van der Waals surface area contributed by atoms with Crippen LogP contribution in [-0.2, 0) is 4.74 Å². The topological polar surface area (TPSA) is 55.6 Å². The maximum atomic E-state index is 11.7. The van der Waals surface area contributed by atoms with E-state index >= 15 is 0 Å². The molecule has 1 fully saturated rings. The first-order valence-corrected chi connectivity index (χ1v) is 7.26. The Balaban J connectivity index is 2.30. The molecule has 4 heteroatoms. The Bertz CT molecular complexity index is 487. The number of carbonyl (C=O) groups is 1. The summed E-state index contributed by atoms with van der Waals surface area (Å²) in [4.78, 5) is 14.0. The number of para-hydroxylation sites is 1. The fraction of sp³-hybridized carbons (Fsp3) is 0.562. The average molecular weight is 276 g/mol. The second-order valence-electron chi connectivity index (χ2n) is 5.67. The highest BCUT2D eigenvalue weighted by Crippen LogP contribution is 2.34. The zero-order chi connectivity index (χ0) is 14.7. The van der Waals surface area contributed by atoms with E-state index in [1.807, 2.05) is 12.1 Å². The SMILES string of the molecule is COC(=O)c1cccc(N(C)C2CCCCC2C)c1N. The molecule has 0 spiro atoms. The Morgan fingerprint density at radius 1 is 1.35 bits per heavy atom. The zero-order valence-electron chi connectivity index (χ0n) is 12.6. The van der Waals surface area contributed by atoms with Crippen molar-refractivity contribution in [2.75, 3.05) is 24.8 Å². The summed E-state index contributed by atoms with van der Waals surface area (Å²) in [5.74, 6) is 0.268. The third-order valence-corrected chi connectivity index (χ3v) is 4.43. The van der Waals surface area contributed by atoms with Crippen molar-refractivity contribution in [3.8, 4) is 0 Å². The fourth-order valence-corrected chi connectivity index (χ4v) is 3.20. The van der Waals surface area contributed by atoms with Gasteiger partial charge in [-0.25, -0.2) is 4.79 Å². The number of anilines is 2. The van der Waals surface area contributed by atoms with Crippen LogP contribution in [0.4, 0.5) is 11.4 Å². The Morgan fingerprint density at radius 2 is 2.05 bits per heavy atom. The summed E-state index contributed by atoms with van der Waals surface area (Å²) in [5.41, 5.74) is 8.05. The summed E-state index contributed by atoms with van der Waals surface area (Å²) in [6.45, 7) is 2.29. The predicted octanol–water partition coefficient (Wildman–Crippen LogP) is 3.07. The molecule has 0 heterocycles. The van der Waals surface area contributed by atoms with Crippen molar-refractivity contribution in [3.63, 3.8) is 0 Å². The van der Waals surface area contributed by atoms with Crippen LogP contribution in [0, 0.1) is 5.92 Å². The monoisotopic (exact) mass is 276 g/mol. The number of nitrogens with zero attached hydrogens (tertiary/aromatic N) is 1. The van der Waals surface area contributed by atoms with E-state index in [1.54, 1.807) is 6.07 Å². The first kappa shape index (κ1) is 14.7. The summed E-state index contributed by atoms with van der Waals surface area (Å²) < 4.78 is 4.78. The molecule has 0 amide bonds. The predicted molar refractivity (Wildman–Crippen MR) is 82.0 cm³/mol. The van der Waals surface area contributed by atoms with E-state index in [-0.39, 0.29) is 5.97 Å². The van der Waals surface area contributed by atoms with Crippen molar-refractivity contribution >= 4 is 17.3 Å². The van der Waals surface area contributed by atoms with Gasteiger partial charge in [0.1, 0.15) is 0 Å². The third kappa shape index (κ3) is 2.74. The first-order valence-electron chi connectivity index (χ1n) is 7.26. The second-order valence-corrected chi connectivity index (χ2v) is 5.67. The number of ether oxygens (including phenoxy) is 1. The molecule has 0 saturated heterocycles. The molecule has 1 aromatic rings. The molecule has 2 atom stereocenters. The van der Waals surface area contributed by atoms with E-state index in [0.717, 1.165) is 5.69 Å². The number of rotatable bonds is 3. The van der Waals surface area contributed by atoms with Gasteiger partial charge in [-0.05, 0) is 30.9 Å². The van der Waals surface area contributed by atoms with Crippen molar-refractivity contribution in [1.82, 2.24) is 0 Å². The normalized spacial score (nSPS) is 22.4. The number of methoxy groups -OCH3 is 1. The molecule has 0 radical (unpaired) electrons. The van der Waals surface area contributed by atoms with Gasteiger partial charge < -0.3 is 15.4 Å². The lowest BCUT2D eigenvalue weighted by Gasteiger charge is -2.38. The van der Waals surface area contributed by atoms with Gasteiger partial charge in [-0.3, -0.25) is 0 Å². The first-order chi connectivity index (χ1) is 9.56. The van der Waals surface area contributed by atoms with Crippen LogP contribution in [0.2, 0.25) is 0 Å². The Hall–Kier alpha value is -1.71. The third-order valence-electron chi connectivity index (χ3n) is 4.43. The molecule has 110 valence electrons. The number of hydrogen-bond acceptors (Lipinski definition) is 4. The summed E-state index contributed by atoms with van der Waals surface area (Å²) in [6.07, 6.45) is 5.00. The molecule has 2 N–H and O–H groups in total. The molecule has 0 bridgehead atoms. The van der Waals surface area contributed by atoms with Crippen LogP contribution in [0.25, 0.3) is 0 Å². The van der Waals surface area contributed by atoms with Crippen LogP contribution < -0.4 is 10.6 Å².